The van der Waals surface area contributed by atoms with E-state index in [1.165, 1.54) is 0 Å². The summed E-state index contributed by atoms with van der Waals surface area (Å²) in [5.74, 6) is 1.77. The summed E-state index contributed by atoms with van der Waals surface area (Å²) in [4.78, 5) is 12.3. The van der Waals surface area contributed by atoms with Crippen molar-refractivity contribution >= 4 is 5.78 Å². The van der Waals surface area contributed by atoms with Gasteiger partial charge in [0.2, 0.25) is 0 Å². The summed E-state index contributed by atoms with van der Waals surface area (Å²) in [5.41, 5.74) is -0.269. The molecular weight excluding hydrogens is 200 g/mol. The van der Waals surface area contributed by atoms with E-state index >= 15 is 0 Å². The number of Topliss-reactive ketones (excluding diaryl/α,β-unsaturated/α-hetero) is 1. The molecule has 0 spiro atoms. The monoisotopic (exact) mass is 222 g/mol. The molecule has 5 atom stereocenters. The molecule has 0 aromatic carbocycles. The standard InChI is InChI=1S/C14H22O2/c1-13(2)7-9-10(13)4-5-14(3,16)11-6-8(11)12(9)15/h8-11,16H,4-7H2,1-3H3/t8-,9+,10-,11-,14-/m0/s1. The van der Waals surface area contributed by atoms with Crippen molar-refractivity contribution in [1.29, 1.82) is 0 Å². The largest absolute Gasteiger partial charge is 0.390 e. The molecule has 90 valence electrons. The van der Waals surface area contributed by atoms with Crippen LogP contribution in [0.2, 0.25) is 0 Å². The van der Waals surface area contributed by atoms with Crippen LogP contribution in [0.5, 0.6) is 0 Å². The van der Waals surface area contributed by atoms with E-state index in [1.54, 1.807) is 0 Å². The van der Waals surface area contributed by atoms with E-state index in [1.807, 2.05) is 6.92 Å². The first-order chi connectivity index (χ1) is 7.33. The molecule has 0 aromatic rings. The van der Waals surface area contributed by atoms with Gasteiger partial charge in [-0.15, -0.1) is 0 Å². The lowest BCUT2D eigenvalue weighted by molar-refractivity contribution is -0.143. The third-order valence-electron chi connectivity index (χ3n) is 5.52. The van der Waals surface area contributed by atoms with E-state index in [9.17, 15) is 9.90 Å². The van der Waals surface area contributed by atoms with Crippen LogP contribution in [0.25, 0.3) is 0 Å². The first-order valence-corrected chi connectivity index (χ1v) is 6.59. The van der Waals surface area contributed by atoms with E-state index in [0.29, 0.717) is 23.0 Å². The van der Waals surface area contributed by atoms with Gasteiger partial charge in [-0.05, 0) is 49.9 Å². The van der Waals surface area contributed by atoms with Gasteiger partial charge >= 0.3 is 0 Å². The van der Waals surface area contributed by atoms with Crippen molar-refractivity contribution in [2.24, 2.45) is 29.1 Å². The van der Waals surface area contributed by atoms with E-state index in [2.05, 4.69) is 13.8 Å². The van der Waals surface area contributed by atoms with Gasteiger partial charge in [-0.3, -0.25) is 4.79 Å². The first-order valence-electron chi connectivity index (χ1n) is 6.59. The van der Waals surface area contributed by atoms with Gasteiger partial charge in [0.15, 0.2) is 0 Å². The second-order valence-corrected chi connectivity index (χ2v) is 7.15. The molecule has 3 rings (SSSR count). The van der Waals surface area contributed by atoms with Gasteiger partial charge in [0.1, 0.15) is 5.78 Å². The Labute approximate surface area is 97.4 Å². The van der Waals surface area contributed by atoms with Gasteiger partial charge < -0.3 is 5.11 Å². The number of rotatable bonds is 0. The molecule has 0 bridgehead atoms. The molecular formula is C14H22O2. The topological polar surface area (TPSA) is 37.3 Å². The van der Waals surface area contributed by atoms with Crippen molar-refractivity contribution < 1.29 is 9.90 Å². The first kappa shape index (κ1) is 10.8. The quantitative estimate of drug-likeness (QED) is 0.683. The second kappa shape index (κ2) is 2.90. The van der Waals surface area contributed by atoms with Crippen LogP contribution in [0.4, 0.5) is 0 Å². The smallest absolute Gasteiger partial charge is 0.139 e. The zero-order valence-electron chi connectivity index (χ0n) is 10.5. The lowest BCUT2D eigenvalue weighted by Gasteiger charge is -2.52. The Hall–Kier alpha value is -0.370. The van der Waals surface area contributed by atoms with Crippen LogP contribution in [0.1, 0.15) is 46.5 Å². The molecule has 0 aliphatic heterocycles. The number of hydrogen-bond donors (Lipinski definition) is 1. The molecule has 3 aliphatic carbocycles. The van der Waals surface area contributed by atoms with Crippen molar-refractivity contribution in [1.82, 2.24) is 0 Å². The maximum absolute atomic E-state index is 12.3. The second-order valence-electron chi connectivity index (χ2n) is 7.15. The van der Waals surface area contributed by atoms with Crippen LogP contribution in [0.15, 0.2) is 0 Å². The minimum Gasteiger partial charge on any atom is -0.390 e. The van der Waals surface area contributed by atoms with Gasteiger partial charge in [-0.1, -0.05) is 13.8 Å². The highest BCUT2D eigenvalue weighted by atomic mass is 16.3. The number of hydrogen-bond acceptors (Lipinski definition) is 2. The zero-order chi connectivity index (χ0) is 11.7. The van der Waals surface area contributed by atoms with E-state index in [-0.39, 0.29) is 11.8 Å². The zero-order valence-corrected chi connectivity index (χ0v) is 10.5. The average Bonchev–Trinajstić information content (AvgIpc) is 2.91. The molecule has 0 aromatic heterocycles. The molecule has 0 saturated heterocycles. The highest BCUT2D eigenvalue weighted by Crippen LogP contribution is 2.61. The number of fused-ring (bicyclic) bond motifs is 2. The van der Waals surface area contributed by atoms with Crippen molar-refractivity contribution in [3.05, 3.63) is 0 Å². The Kier molecular flexibility index (Phi) is 1.95. The van der Waals surface area contributed by atoms with Gasteiger partial charge in [0.25, 0.3) is 0 Å². The van der Waals surface area contributed by atoms with Crippen LogP contribution in [-0.4, -0.2) is 16.5 Å². The average molecular weight is 222 g/mol. The lowest BCUT2D eigenvalue weighted by Crippen LogP contribution is -2.50. The Morgan fingerprint density at radius 3 is 2.50 bits per heavy atom. The molecule has 2 heteroatoms. The fourth-order valence-electron chi connectivity index (χ4n) is 4.24. The fourth-order valence-corrected chi connectivity index (χ4v) is 4.24. The summed E-state index contributed by atoms with van der Waals surface area (Å²) in [5, 5.41) is 10.4. The van der Waals surface area contributed by atoms with Crippen molar-refractivity contribution in [2.75, 3.05) is 0 Å². The molecule has 3 saturated carbocycles. The van der Waals surface area contributed by atoms with Gasteiger partial charge in [0.05, 0.1) is 5.60 Å². The molecule has 0 unspecified atom stereocenters. The van der Waals surface area contributed by atoms with Gasteiger partial charge in [0, 0.05) is 11.8 Å². The third-order valence-corrected chi connectivity index (χ3v) is 5.52. The lowest BCUT2D eigenvalue weighted by atomic mass is 9.51. The van der Waals surface area contributed by atoms with Gasteiger partial charge in [-0.2, -0.15) is 0 Å². The summed E-state index contributed by atoms with van der Waals surface area (Å²) in [6.07, 6.45) is 3.92. The number of carbonyl (C=O) groups excluding carboxylic acids is 1. The van der Waals surface area contributed by atoms with Crippen molar-refractivity contribution in [2.45, 2.75) is 52.1 Å². The minimum atomic E-state index is -0.586. The normalized spacial score (nSPS) is 54.1. The SMILES string of the molecule is CC1(C)C[C@H]2C(=O)[C@H]3C[C@@H]3[C@@](C)(O)CC[C@@H]21. The van der Waals surface area contributed by atoms with Crippen LogP contribution in [0, 0.1) is 29.1 Å². The third kappa shape index (κ3) is 1.32. The molecule has 16 heavy (non-hydrogen) atoms. The molecule has 1 N–H and O–H groups in total. The number of ketones is 1. The number of carbonyl (C=O) groups is 1. The summed E-state index contributed by atoms with van der Waals surface area (Å²) in [7, 11) is 0. The van der Waals surface area contributed by atoms with Crippen LogP contribution >= 0.6 is 0 Å². The Balaban J connectivity index is 1.85. The summed E-state index contributed by atoms with van der Waals surface area (Å²) >= 11 is 0. The van der Waals surface area contributed by atoms with Crippen LogP contribution < -0.4 is 0 Å². The molecule has 3 aliphatic rings. The highest BCUT2D eigenvalue weighted by Gasteiger charge is 2.61. The van der Waals surface area contributed by atoms with Gasteiger partial charge in [-0.25, -0.2) is 0 Å². The highest BCUT2D eigenvalue weighted by molar-refractivity contribution is 5.87. The maximum Gasteiger partial charge on any atom is 0.139 e. The molecule has 2 nitrogen and oxygen atoms in total. The molecule has 3 fully saturated rings. The molecule has 0 heterocycles. The summed E-state index contributed by atoms with van der Waals surface area (Å²) in [6, 6.07) is 0. The maximum atomic E-state index is 12.3. The Bertz CT molecular complexity index is 343. The van der Waals surface area contributed by atoms with E-state index in [4.69, 9.17) is 0 Å². The van der Waals surface area contributed by atoms with Crippen LogP contribution in [0.3, 0.4) is 0 Å². The van der Waals surface area contributed by atoms with Crippen LogP contribution in [-0.2, 0) is 4.79 Å². The Morgan fingerprint density at radius 1 is 1.19 bits per heavy atom. The minimum absolute atomic E-state index is 0.193. The predicted octanol–water partition coefficient (Wildman–Crippen LogP) is 2.40. The number of aliphatic hydroxyl groups is 1. The predicted molar refractivity (Wildman–Crippen MR) is 61.8 cm³/mol. The molecule has 0 amide bonds. The molecule has 0 radical (unpaired) electrons. The van der Waals surface area contributed by atoms with Crippen molar-refractivity contribution in [3.63, 3.8) is 0 Å². The summed E-state index contributed by atoms with van der Waals surface area (Å²) in [6.45, 7) is 6.46. The van der Waals surface area contributed by atoms with E-state index in [0.717, 1.165) is 25.7 Å². The van der Waals surface area contributed by atoms with E-state index < -0.39 is 5.60 Å². The fraction of sp³-hybridized carbons (Fsp3) is 0.929. The summed E-state index contributed by atoms with van der Waals surface area (Å²) < 4.78 is 0. The van der Waals surface area contributed by atoms with Crippen molar-refractivity contribution in [3.8, 4) is 0 Å². The Morgan fingerprint density at radius 2 is 1.88 bits per heavy atom.